The van der Waals surface area contributed by atoms with Crippen LogP contribution in [-0.4, -0.2) is 104 Å². The van der Waals surface area contributed by atoms with Crippen LogP contribution in [0.3, 0.4) is 0 Å². The van der Waals surface area contributed by atoms with Crippen molar-refractivity contribution in [2.24, 2.45) is 5.92 Å². The summed E-state index contributed by atoms with van der Waals surface area (Å²) in [6.07, 6.45) is 11.7. The van der Waals surface area contributed by atoms with Gasteiger partial charge in [0.25, 0.3) is 0 Å². The normalized spacial score (nSPS) is 17.6. The minimum absolute atomic E-state index is 0.109. The number of thiazole rings is 1. The SMILES string of the molecule is CC(C)(C)OC(=O)NC1CCN(C(=O)N[C@@H](Cc2ccccc2)C(=O)N[C@@H](Cc2c[nH]cn2)C(=O)N[C@@H](CC2CCCCC2)[C@@H](O)CCSc2nccs2)CC1. The minimum Gasteiger partial charge on any atom is -0.444 e. The maximum absolute atomic E-state index is 14.2. The lowest BCUT2D eigenvalue weighted by Gasteiger charge is -2.34. The highest BCUT2D eigenvalue weighted by molar-refractivity contribution is 8.00. The fraction of sp³-hybridized carbons (Fsp3) is 0.600. The summed E-state index contributed by atoms with van der Waals surface area (Å²) in [4.78, 5) is 67.6. The van der Waals surface area contributed by atoms with Crippen LogP contribution < -0.4 is 21.3 Å². The molecule has 3 heterocycles. The van der Waals surface area contributed by atoms with Gasteiger partial charge in [0.15, 0.2) is 0 Å². The average Bonchev–Trinajstić information content (AvgIpc) is 3.89. The van der Waals surface area contributed by atoms with Crippen LogP contribution >= 0.6 is 23.1 Å². The summed E-state index contributed by atoms with van der Waals surface area (Å²) in [5.74, 6) is 0.109. The van der Waals surface area contributed by atoms with E-state index in [0.717, 1.165) is 35.6 Å². The third kappa shape index (κ3) is 14.4. The molecule has 0 spiro atoms. The number of carbonyl (C=O) groups excluding carboxylic acids is 4. The highest BCUT2D eigenvalue weighted by atomic mass is 32.2. The summed E-state index contributed by atoms with van der Waals surface area (Å²) < 4.78 is 6.32. The minimum atomic E-state index is -1.03. The molecule has 14 nitrogen and oxygen atoms in total. The van der Waals surface area contributed by atoms with Gasteiger partial charge in [0.05, 0.1) is 24.2 Å². The number of carbonyl (C=O) groups is 4. The molecule has 1 aliphatic heterocycles. The van der Waals surface area contributed by atoms with Crippen molar-refractivity contribution in [2.45, 2.75) is 132 Å². The Morgan fingerprint density at radius 1 is 0.964 bits per heavy atom. The summed E-state index contributed by atoms with van der Waals surface area (Å²) in [5, 5.41) is 25.3. The molecule has 306 valence electrons. The lowest BCUT2D eigenvalue weighted by atomic mass is 9.83. The van der Waals surface area contributed by atoms with E-state index in [1.54, 1.807) is 61.2 Å². The van der Waals surface area contributed by atoms with Crippen molar-refractivity contribution in [2.75, 3.05) is 18.8 Å². The molecule has 1 saturated heterocycles. The number of nitrogens with zero attached hydrogens (tertiary/aromatic N) is 3. The first-order valence-corrected chi connectivity index (χ1v) is 21.7. The Morgan fingerprint density at radius 3 is 2.34 bits per heavy atom. The van der Waals surface area contributed by atoms with Crippen LogP contribution in [0.5, 0.6) is 0 Å². The van der Waals surface area contributed by atoms with E-state index >= 15 is 0 Å². The quantitative estimate of drug-likeness (QED) is 0.0996. The first-order chi connectivity index (χ1) is 26.9. The predicted octanol–water partition coefficient (Wildman–Crippen LogP) is 5.20. The lowest BCUT2D eigenvalue weighted by molar-refractivity contribution is -0.130. The van der Waals surface area contributed by atoms with E-state index in [1.165, 1.54) is 12.7 Å². The number of aliphatic hydroxyl groups excluding tert-OH is 1. The van der Waals surface area contributed by atoms with Crippen LogP contribution in [0.1, 0.15) is 89.8 Å². The molecule has 2 fully saturated rings. The average molecular weight is 811 g/mol. The molecular formula is C40H58N8O6S2. The Morgan fingerprint density at radius 2 is 1.68 bits per heavy atom. The fourth-order valence-electron chi connectivity index (χ4n) is 7.22. The molecule has 0 radical (unpaired) electrons. The Balaban J connectivity index is 1.26. The largest absolute Gasteiger partial charge is 0.444 e. The molecule has 2 aromatic heterocycles. The summed E-state index contributed by atoms with van der Waals surface area (Å²) in [6, 6.07) is 6.32. The van der Waals surface area contributed by atoms with Crippen molar-refractivity contribution >= 4 is 47.0 Å². The van der Waals surface area contributed by atoms with Crippen molar-refractivity contribution in [3.05, 3.63) is 65.7 Å². The maximum Gasteiger partial charge on any atom is 0.407 e. The van der Waals surface area contributed by atoms with Gasteiger partial charge in [-0.2, -0.15) is 0 Å². The van der Waals surface area contributed by atoms with Gasteiger partial charge in [-0.1, -0.05) is 74.2 Å². The number of H-pyrrole nitrogens is 1. The zero-order chi connectivity index (χ0) is 39.9. The summed E-state index contributed by atoms with van der Waals surface area (Å²) >= 11 is 3.14. The van der Waals surface area contributed by atoms with Crippen LogP contribution in [0.15, 0.2) is 58.8 Å². The van der Waals surface area contributed by atoms with Gasteiger partial charge < -0.3 is 41.0 Å². The Labute approximate surface area is 338 Å². The van der Waals surface area contributed by atoms with E-state index in [0.29, 0.717) is 56.1 Å². The van der Waals surface area contributed by atoms with Crippen LogP contribution in [0.4, 0.5) is 9.59 Å². The molecule has 56 heavy (non-hydrogen) atoms. The molecule has 5 rings (SSSR count). The molecule has 1 aromatic carbocycles. The number of nitrogens with one attached hydrogen (secondary N) is 5. The third-order valence-electron chi connectivity index (χ3n) is 10.2. The number of benzene rings is 1. The first-order valence-electron chi connectivity index (χ1n) is 19.8. The predicted molar refractivity (Wildman–Crippen MR) is 217 cm³/mol. The monoisotopic (exact) mass is 810 g/mol. The fourth-order valence-corrected chi connectivity index (χ4v) is 8.94. The van der Waals surface area contributed by atoms with Gasteiger partial charge in [0, 0.05) is 55.5 Å². The van der Waals surface area contributed by atoms with Crippen LogP contribution in [0.25, 0.3) is 0 Å². The molecular weight excluding hydrogens is 753 g/mol. The Bertz CT molecular complexity index is 1640. The zero-order valence-corrected chi connectivity index (χ0v) is 34.3. The van der Waals surface area contributed by atoms with Gasteiger partial charge in [-0.25, -0.2) is 19.6 Å². The molecule has 0 unspecified atom stereocenters. The number of amides is 5. The van der Waals surface area contributed by atoms with Crippen molar-refractivity contribution in [3.63, 3.8) is 0 Å². The number of hydrogen-bond acceptors (Lipinski definition) is 10. The molecule has 1 aliphatic carbocycles. The van der Waals surface area contributed by atoms with E-state index in [4.69, 9.17) is 4.74 Å². The lowest BCUT2D eigenvalue weighted by Crippen LogP contribution is -2.59. The van der Waals surface area contributed by atoms with Crippen molar-refractivity contribution in [1.82, 2.24) is 41.1 Å². The maximum atomic E-state index is 14.2. The van der Waals surface area contributed by atoms with Crippen LogP contribution in [-0.2, 0) is 27.2 Å². The molecule has 16 heteroatoms. The second kappa shape index (κ2) is 21.4. The number of likely N-dealkylation sites (tertiary alicyclic amines) is 1. The summed E-state index contributed by atoms with van der Waals surface area (Å²) in [7, 11) is 0. The molecule has 2 aliphatic rings. The molecule has 6 N–H and O–H groups in total. The number of hydrogen-bond donors (Lipinski definition) is 6. The highest BCUT2D eigenvalue weighted by Crippen LogP contribution is 2.29. The number of piperidine rings is 1. The molecule has 5 amide bonds. The molecule has 3 aromatic rings. The van der Waals surface area contributed by atoms with Crippen molar-refractivity contribution < 1.29 is 29.0 Å². The summed E-state index contributed by atoms with van der Waals surface area (Å²) in [5.41, 5.74) is 0.810. The van der Waals surface area contributed by atoms with Gasteiger partial charge in [0.2, 0.25) is 11.8 Å². The number of aliphatic hydroxyl groups is 1. The smallest absolute Gasteiger partial charge is 0.407 e. The second-order valence-corrected chi connectivity index (χ2v) is 18.0. The number of thioether (sulfide) groups is 1. The van der Waals surface area contributed by atoms with Crippen LogP contribution in [0, 0.1) is 5.92 Å². The third-order valence-corrected chi connectivity index (χ3v) is 12.2. The Hall–Kier alpha value is -4.15. The number of aromatic amines is 1. The molecule has 0 bridgehead atoms. The van der Waals surface area contributed by atoms with Crippen LogP contribution in [0.2, 0.25) is 0 Å². The van der Waals surface area contributed by atoms with Gasteiger partial charge in [0.1, 0.15) is 22.0 Å². The van der Waals surface area contributed by atoms with Gasteiger partial charge in [-0.05, 0) is 57.9 Å². The zero-order valence-electron chi connectivity index (χ0n) is 32.7. The van der Waals surface area contributed by atoms with E-state index in [2.05, 4.69) is 36.2 Å². The van der Waals surface area contributed by atoms with E-state index in [1.807, 2.05) is 35.7 Å². The van der Waals surface area contributed by atoms with E-state index in [9.17, 15) is 24.3 Å². The molecule has 1 saturated carbocycles. The number of urea groups is 1. The highest BCUT2D eigenvalue weighted by Gasteiger charge is 2.33. The topological polar surface area (TPSA) is 191 Å². The number of rotatable bonds is 17. The van der Waals surface area contributed by atoms with E-state index in [-0.39, 0.29) is 18.9 Å². The Kier molecular flexibility index (Phi) is 16.4. The standard InChI is InChI=1S/C40H58N8O6S2/c1-40(2,3)54-38(53)44-29-14-18-48(19-15-29)37(52)47-32(23-28-12-8-5-9-13-28)35(50)46-33(24-30-25-41-26-43-30)36(51)45-31(22-27-10-6-4-7-11-27)34(49)16-20-55-39-42-17-21-56-39/h5,8-9,12-13,17,21,25-27,29,31-34,49H,4,6-7,10-11,14-16,18-20,22-24H2,1-3H3,(H,41,43)(H,44,53)(H,45,51)(H,46,50)(H,47,52)/t31-,32-,33-,34-/m0/s1. The van der Waals surface area contributed by atoms with Gasteiger partial charge in [-0.15, -0.1) is 11.3 Å². The second-order valence-electron chi connectivity index (χ2n) is 15.8. The number of ether oxygens (including phenoxy) is 1. The van der Waals surface area contributed by atoms with Crippen molar-refractivity contribution in [3.8, 4) is 0 Å². The number of alkyl carbamates (subject to hydrolysis) is 1. The van der Waals surface area contributed by atoms with Gasteiger partial charge >= 0.3 is 12.1 Å². The van der Waals surface area contributed by atoms with E-state index < -0.39 is 53.8 Å². The number of imidazole rings is 1. The molecule has 4 atom stereocenters. The first kappa shape index (κ1) is 43.0. The number of aromatic nitrogens is 3. The van der Waals surface area contributed by atoms with Crippen molar-refractivity contribution in [1.29, 1.82) is 0 Å². The van der Waals surface area contributed by atoms with Gasteiger partial charge in [-0.3, -0.25) is 9.59 Å². The summed E-state index contributed by atoms with van der Waals surface area (Å²) in [6.45, 7) is 6.17.